The van der Waals surface area contributed by atoms with Crippen molar-refractivity contribution in [3.05, 3.63) is 29.8 Å². The van der Waals surface area contributed by atoms with Crippen molar-refractivity contribution < 1.29 is 4.74 Å². The van der Waals surface area contributed by atoms with Crippen LogP contribution in [0.2, 0.25) is 0 Å². The molecule has 2 aliphatic rings. The van der Waals surface area contributed by atoms with Gasteiger partial charge in [-0.2, -0.15) is 5.26 Å². The quantitative estimate of drug-likeness (QED) is 0.790. The Morgan fingerprint density at radius 1 is 1.28 bits per heavy atom. The van der Waals surface area contributed by atoms with Crippen LogP contribution in [0.3, 0.4) is 0 Å². The molecule has 94 valence electrons. The van der Waals surface area contributed by atoms with Crippen LogP contribution < -0.4 is 4.74 Å². The SMILES string of the molecule is N#CC1(CC2CCCC2)COc2ccccc2C1. The van der Waals surface area contributed by atoms with Gasteiger partial charge in [-0.05, 0) is 30.4 Å². The Bertz CT molecular complexity index is 470. The molecule has 3 rings (SSSR count). The van der Waals surface area contributed by atoms with Crippen LogP contribution in [0.4, 0.5) is 0 Å². The van der Waals surface area contributed by atoms with Gasteiger partial charge in [0.05, 0.1) is 11.5 Å². The first-order valence-corrected chi connectivity index (χ1v) is 6.93. The lowest BCUT2D eigenvalue weighted by Crippen LogP contribution is -2.35. The highest BCUT2D eigenvalue weighted by molar-refractivity contribution is 5.37. The van der Waals surface area contributed by atoms with Crippen LogP contribution in [0.5, 0.6) is 5.75 Å². The maximum absolute atomic E-state index is 9.60. The van der Waals surface area contributed by atoms with Crippen LogP contribution in [-0.4, -0.2) is 6.61 Å². The normalized spacial score (nSPS) is 27.3. The Hall–Kier alpha value is -1.49. The number of hydrogen-bond donors (Lipinski definition) is 0. The number of rotatable bonds is 2. The Balaban J connectivity index is 1.80. The first-order chi connectivity index (χ1) is 8.81. The Morgan fingerprint density at radius 2 is 2.06 bits per heavy atom. The standard InChI is InChI=1S/C16H19NO/c17-11-16(9-13-5-1-2-6-13)10-14-7-3-4-8-15(14)18-12-16/h3-4,7-8,13H,1-2,5-6,9-10,12H2. The van der Waals surface area contributed by atoms with Crippen molar-refractivity contribution in [1.82, 2.24) is 0 Å². The molecule has 0 amide bonds. The zero-order chi connectivity index (χ0) is 12.4. The van der Waals surface area contributed by atoms with Crippen molar-refractivity contribution in [3.8, 4) is 11.8 Å². The zero-order valence-electron chi connectivity index (χ0n) is 10.7. The molecule has 0 aromatic heterocycles. The molecular weight excluding hydrogens is 222 g/mol. The summed E-state index contributed by atoms with van der Waals surface area (Å²) in [6.45, 7) is 0.566. The maximum Gasteiger partial charge on any atom is 0.122 e. The lowest BCUT2D eigenvalue weighted by molar-refractivity contribution is 0.141. The van der Waals surface area contributed by atoms with Crippen molar-refractivity contribution in [3.63, 3.8) is 0 Å². The highest BCUT2D eigenvalue weighted by atomic mass is 16.5. The summed E-state index contributed by atoms with van der Waals surface area (Å²) in [5.41, 5.74) is 0.909. The molecule has 1 atom stereocenters. The Morgan fingerprint density at radius 3 is 2.83 bits per heavy atom. The molecule has 1 heterocycles. The number of nitrogens with zero attached hydrogens (tertiary/aromatic N) is 1. The summed E-state index contributed by atoms with van der Waals surface area (Å²) >= 11 is 0. The number of ether oxygens (including phenoxy) is 1. The minimum Gasteiger partial charge on any atom is -0.492 e. The fourth-order valence-corrected chi connectivity index (χ4v) is 3.44. The molecule has 2 nitrogen and oxygen atoms in total. The Labute approximate surface area is 109 Å². The smallest absolute Gasteiger partial charge is 0.122 e. The van der Waals surface area contributed by atoms with E-state index in [1.807, 2.05) is 18.2 Å². The molecule has 1 aromatic carbocycles. The molecule has 1 aliphatic heterocycles. The lowest BCUT2D eigenvalue weighted by Gasteiger charge is -2.34. The fraction of sp³-hybridized carbons (Fsp3) is 0.562. The molecule has 0 N–H and O–H groups in total. The summed E-state index contributed by atoms with van der Waals surface area (Å²) in [4.78, 5) is 0. The highest BCUT2D eigenvalue weighted by Gasteiger charge is 2.38. The fourth-order valence-electron chi connectivity index (χ4n) is 3.44. The molecule has 1 aromatic rings. The van der Waals surface area contributed by atoms with Gasteiger partial charge < -0.3 is 4.74 Å². The number of nitriles is 1. The summed E-state index contributed by atoms with van der Waals surface area (Å²) in [6.07, 6.45) is 7.14. The van der Waals surface area contributed by atoms with Crippen molar-refractivity contribution >= 4 is 0 Å². The number of para-hydroxylation sites is 1. The van der Waals surface area contributed by atoms with E-state index in [-0.39, 0.29) is 5.41 Å². The van der Waals surface area contributed by atoms with E-state index in [1.165, 1.54) is 31.2 Å². The van der Waals surface area contributed by atoms with Crippen LogP contribution in [0, 0.1) is 22.7 Å². The molecular formula is C16H19NO. The van der Waals surface area contributed by atoms with Crippen LogP contribution in [0.25, 0.3) is 0 Å². The van der Waals surface area contributed by atoms with Crippen LogP contribution in [0.15, 0.2) is 24.3 Å². The third-order valence-electron chi connectivity index (χ3n) is 4.40. The predicted octanol–water partition coefficient (Wildman–Crippen LogP) is 3.71. The van der Waals surface area contributed by atoms with Gasteiger partial charge in [-0.25, -0.2) is 0 Å². The van der Waals surface area contributed by atoms with Gasteiger partial charge in [0.2, 0.25) is 0 Å². The summed E-state index contributed by atoms with van der Waals surface area (Å²) in [7, 11) is 0. The van der Waals surface area contributed by atoms with Gasteiger partial charge in [0, 0.05) is 0 Å². The second kappa shape index (κ2) is 4.65. The van der Waals surface area contributed by atoms with Crippen molar-refractivity contribution in [2.45, 2.75) is 38.5 Å². The van der Waals surface area contributed by atoms with E-state index in [0.29, 0.717) is 6.61 Å². The van der Waals surface area contributed by atoms with Gasteiger partial charge in [-0.3, -0.25) is 0 Å². The summed E-state index contributed by atoms with van der Waals surface area (Å²) in [5, 5.41) is 9.60. The molecule has 0 bridgehead atoms. The molecule has 0 spiro atoms. The molecule has 1 fully saturated rings. The molecule has 2 heteroatoms. The van der Waals surface area contributed by atoms with Gasteiger partial charge in [0.1, 0.15) is 12.4 Å². The Kier molecular flexibility index (Phi) is 2.99. The topological polar surface area (TPSA) is 33.0 Å². The van der Waals surface area contributed by atoms with Crippen molar-refractivity contribution in [2.24, 2.45) is 11.3 Å². The third kappa shape index (κ3) is 2.10. The summed E-state index contributed by atoms with van der Waals surface area (Å²) in [5.74, 6) is 1.70. The van der Waals surface area contributed by atoms with E-state index in [4.69, 9.17) is 4.74 Å². The minimum absolute atomic E-state index is 0.288. The molecule has 1 saturated carbocycles. The predicted molar refractivity (Wildman–Crippen MR) is 70.3 cm³/mol. The third-order valence-corrected chi connectivity index (χ3v) is 4.40. The van der Waals surface area contributed by atoms with Gasteiger partial charge in [0.25, 0.3) is 0 Å². The number of hydrogen-bond acceptors (Lipinski definition) is 2. The van der Waals surface area contributed by atoms with E-state index < -0.39 is 0 Å². The molecule has 1 aliphatic carbocycles. The van der Waals surface area contributed by atoms with Crippen LogP contribution in [0.1, 0.15) is 37.7 Å². The van der Waals surface area contributed by atoms with E-state index >= 15 is 0 Å². The van der Waals surface area contributed by atoms with E-state index in [9.17, 15) is 5.26 Å². The molecule has 0 radical (unpaired) electrons. The largest absolute Gasteiger partial charge is 0.492 e. The first kappa shape index (κ1) is 11.6. The van der Waals surface area contributed by atoms with E-state index in [1.54, 1.807) is 0 Å². The van der Waals surface area contributed by atoms with Gasteiger partial charge >= 0.3 is 0 Å². The molecule has 18 heavy (non-hydrogen) atoms. The maximum atomic E-state index is 9.60. The van der Waals surface area contributed by atoms with Crippen LogP contribution in [-0.2, 0) is 6.42 Å². The summed E-state index contributed by atoms with van der Waals surface area (Å²) in [6, 6.07) is 10.7. The molecule has 1 unspecified atom stereocenters. The second-order valence-electron chi connectivity index (χ2n) is 5.82. The monoisotopic (exact) mass is 241 g/mol. The average molecular weight is 241 g/mol. The zero-order valence-corrected chi connectivity index (χ0v) is 10.7. The molecule has 0 saturated heterocycles. The van der Waals surface area contributed by atoms with Gasteiger partial charge in [-0.1, -0.05) is 43.9 Å². The second-order valence-corrected chi connectivity index (χ2v) is 5.82. The van der Waals surface area contributed by atoms with E-state index in [0.717, 1.165) is 24.5 Å². The van der Waals surface area contributed by atoms with Gasteiger partial charge in [-0.15, -0.1) is 0 Å². The minimum atomic E-state index is -0.288. The van der Waals surface area contributed by atoms with E-state index in [2.05, 4.69) is 12.1 Å². The average Bonchev–Trinajstić information content (AvgIpc) is 2.91. The number of benzene rings is 1. The lowest BCUT2D eigenvalue weighted by atomic mass is 9.74. The first-order valence-electron chi connectivity index (χ1n) is 6.93. The highest BCUT2D eigenvalue weighted by Crippen LogP contribution is 2.42. The summed E-state index contributed by atoms with van der Waals surface area (Å²) < 4.78 is 5.82. The number of fused-ring (bicyclic) bond motifs is 1. The van der Waals surface area contributed by atoms with Crippen molar-refractivity contribution in [2.75, 3.05) is 6.61 Å². The van der Waals surface area contributed by atoms with Gasteiger partial charge in [0.15, 0.2) is 0 Å². The van der Waals surface area contributed by atoms with Crippen molar-refractivity contribution in [1.29, 1.82) is 5.26 Å². The van der Waals surface area contributed by atoms with Crippen LogP contribution >= 0.6 is 0 Å².